The van der Waals surface area contributed by atoms with Gasteiger partial charge < -0.3 is 20.4 Å². The van der Waals surface area contributed by atoms with Crippen LogP contribution in [0.4, 0.5) is 0 Å². The molecule has 6 aromatic carbocycles. The zero-order valence-electron chi connectivity index (χ0n) is 28.5. The molecule has 0 atom stereocenters. The van der Waals surface area contributed by atoms with Gasteiger partial charge in [-0.2, -0.15) is 0 Å². The number of rotatable bonds is 6. The Balaban J connectivity index is 0.000000206. The van der Waals surface area contributed by atoms with Crippen molar-refractivity contribution in [1.82, 2.24) is 0 Å². The van der Waals surface area contributed by atoms with Gasteiger partial charge >= 0.3 is 0 Å². The predicted molar refractivity (Wildman–Crippen MR) is 197 cm³/mol. The van der Waals surface area contributed by atoms with Crippen LogP contribution < -0.4 is 0 Å². The molecule has 0 aliphatic carbocycles. The minimum Gasteiger partial charge on any atom is -0.508 e. The molecule has 0 bridgehead atoms. The molecule has 0 saturated carbocycles. The van der Waals surface area contributed by atoms with Gasteiger partial charge in [0.15, 0.2) is 0 Å². The first-order valence-electron chi connectivity index (χ1n) is 16.2. The van der Waals surface area contributed by atoms with Gasteiger partial charge in [0.1, 0.15) is 23.0 Å². The summed E-state index contributed by atoms with van der Waals surface area (Å²) in [7, 11) is 0. The summed E-state index contributed by atoms with van der Waals surface area (Å²) in [6, 6.07) is 42.8. The number of phenolic OH excluding ortho intramolecular Hbond substituents is 4. The van der Waals surface area contributed by atoms with Crippen molar-refractivity contribution >= 4 is 0 Å². The van der Waals surface area contributed by atoms with E-state index < -0.39 is 0 Å². The van der Waals surface area contributed by atoms with Crippen LogP contribution in [0.2, 0.25) is 0 Å². The van der Waals surface area contributed by atoms with Crippen LogP contribution in [-0.4, -0.2) is 20.4 Å². The second kappa shape index (κ2) is 13.7. The number of hydrogen-bond donors (Lipinski definition) is 4. The average Bonchev–Trinajstić information content (AvgIpc) is 3.08. The minimum atomic E-state index is -0.311. The molecule has 244 valence electrons. The van der Waals surface area contributed by atoms with Crippen LogP contribution in [0, 0.1) is 13.8 Å². The smallest absolute Gasteiger partial charge is 0.123 e. The molecule has 0 radical (unpaired) electrons. The van der Waals surface area contributed by atoms with Crippen molar-refractivity contribution < 1.29 is 20.4 Å². The van der Waals surface area contributed by atoms with Crippen molar-refractivity contribution in [2.24, 2.45) is 0 Å². The van der Waals surface area contributed by atoms with Gasteiger partial charge in [-0.3, -0.25) is 0 Å². The second-order valence-corrected chi connectivity index (χ2v) is 13.4. The maximum Gasteiger partial charge on any atom is 0.123 e. The highest BCUT2D eigenvalue weighted by atomic mass is 16.3. The summed E-state index contributed by atoms with van der Waals surface area (Å²) in [6.07, 6.45) is 0. The Morgan fingerprint density at radius 1 is 0.354 bits per heavy atom. The van der Waals surface area contributed by atoms with E-state index in [1.807, 2.05) is 111 Å². The topological polar surface area (TPSA) is 80.9 Å². The van der Waals surface area contributed by atoms with Crippen LogP contribution in [0.25, 0.3) is 22.3 Å². The number of aryl methyl sites for hydroxylation is 2. The van der Waals surface area contributed by atoms with Gasteiger partial charge in [-0.05, 0) is 94.8 Å². The van der Waals surface area contributed by atoms with Crippen molar-refractivity contribution in [3.05, 3.63) is 167 Å². The lowest BCUT2D eigenvalue weighted by Gasteiger charge is -2.28. The molecule has 0 aliphatic heterocycles. The van der Waals surface area contributed by atoms with Crippen molar-refractivity contribution in [3.63, 3.8) is 0 Å². The highest BCUT2D eigenvalue weighted by molar-refractivity contribution is 5.73. The van der Waals surface area contributed by atoms with Crippen LogP contribution in [0.5, 0.6) is 23.0 Å². The van der Waals surface area contributed by atoms with E-state index >= 15 is 0 Å². The molecule has 4 N–H and O–H groups in total. The first-order chi connectivity index (χ1) is 22.8. The molecule has 0 unspecified atom stereocenters. The molecule has 0 amide bonds. The number of hydrogen-bond acceptors (Lipinski definition) is 4. The van der Waals surface area contributed by atoms with E-state index in [1.165, 1.54) is 0 Å². The van der Waals surface area contributed by atoms with E-state index in [1.54, 1.807) is 24.3 Å². The summed E-state index contributed by atoms with van der Waals surface area (Å²) < 4.78 is 0. The Kier molecular flexibility index (Phi) is 9.67. The van der Waals surface area contributed by atoms with Gasteiger partial charge in [0.25, 0.3) is 0 Å². The van der Waals surface area contributed by atoms with Crippen molar-refractivity contribution in [3.8, 4) is 45.3 Å². The molecule has 0 aliphatic rings. The third-order valence-electron chi connectivity index (χ3n) is 9.44. The molecule has 0 aromatic heterocycles. The zero-order chi connectivity index (χ0) is 34.6. The quantitative estimate of drug-likeness (QED) is 0.147. The fraction of sp³-hybridized carbons (Fsp3) is 0.182. The third-order valence-corrected chi connectivity index (χ3v) is 9.44. The Morgan fingerprint density at radius 2 is 0.646 bits per heavy atom. The number of phenols is 4. The molecule has 48 heavy (non-hydrogen) atoms. The van der Waals surface area contributed by atoms with E-state index in [0.29, 0.717) is 11.5 Å². The Bertz CT molecular complexity index is 1880. The number of benzene rings is 6. The summed E-state index contributed by atoms with van der Waals surface area (Å²) in [4.78, 5) is 0. The predicted octanol–water partition coefficient (Wildman–Crippen LogP) is 10.8. The summed E-state index contributed by atoms with van der Waals surface area (Å²) in [5, 5.41) is 40.1. The van der Waals surface area contributed by atoms with Crippen LogP contribution in [0.15, 0.2) is 133 Å². The Labute approximate surface area is 284 Å². The Morgan fingerprint density at radius 3 is 0.958 bits per heavy atom. The lowest BCUT2D eigenvalue weighted by atomic mass is 9.76. The largest absolute Gasteiger partial charge is 0.508 e. The normalized spacial score (nSPS) is 11.5. The van der Waals surface area contributed by atoms with E-state index in [-0.39, 0.29) is 22.3 Å². The summed E-state index contributed by atoms with van der Waals surface area (Å²) in [6.45, 7) is 12.4. The lowest BCUT2D eigenvalue weighted by Crippen LogP contribution is -2.19. The number of aromatic hydroxyl groups is 4. The van der Waals surface area contributed by atoms with Gasteiger partial charge in [-0.25, -0.2) is 0 Å². The molecule has 6 aromatic rings. The molecular formula is C44H44O4. The molecule has 4 nitrogen and oxygen atoms in total. The van der Waals surface area contributed by atoms with Crippen molar-refractivity contribution in [1.29, 1.82) is 0 Å². The molecule has 0 saturated heterocycles. The molecule has 0 spiro atoms. The fourth-order valence-electron chi connectivity index (χ4n) is 5.97. The lowest BCUT2D eigenvalue weighted by molar-refractivity contribution is 0.469. The van der Waals surface area contributed by atoms with Crippen LogP contribution >= 0.6 is 0 Å². The monoisotopic (exact) mass is 636 g/mol. The summed E-state index contributed by atoms with van der Waals surface area (Å²) >= 11 is 0. The maximum absolute atomic E-state index is 10.4. The van der Waals surface area contributed by atoms with E-state index in [4.69, 9.17) is 0 Å². The highest BCUT2D eigenvalue weighted by Gasteiger charge is 2.26. The third kappa shape index (κ3) is 7.08. The second-order valence-electron chi connectivity index (χ2n) is 13.4. The average molecular weight is 637 g/mol. The van der Waals surface area contributed by atoms with Crippen molar-refractivity contribution in [2.45, 2.75) is 52.4 Å². The SMILES string of the molecule is CC(C)(c1ccc(O)c(-c2ccccc2)c1)c1ccc(O)c(-c2ccccc2)c1.Cc1cc(C(C)(C)c2ccc(O)c(C)c2)ccc1O. The molecule has 0 heterocycles. The van der Waals surface area contributed by atoms with Crippen LogP contribution in [0.1, 0.15) is 61.1 Å². The first kappa shape index (κ1) is 33.9. The van der Waals surface area contributed by atoms with Gasteiger partial charge in [0.05, 0.1) is 0 Å². The maximum atomic E-state index is 10.4. The molecule has 0 fully saturated rings. The van der Waals surface area contributed by atoms with Crippen LogP contribution in [0.3, 0.4) is 0 Å². The minimum absolute atomic E-state index is 0.170. The molecule has 6 rings (SSSR count). The van der Waals surface area contributed by atoms with E-state index in [9.17, 15) is 20.4 Å². The standard InChI is InChI=1S/C27H24O2.C17H20O2/c1-27(2,21-13-15-25(28)23(17-21)19-9-5-3-6-10-19)22-14-16-26(29)24(18-22)20-11-7-4-8-12-20;1-11-9-13(5-7-15(11)18)17(3,4)14-6-8-16(19)12(2)10-14/h3-18,28-29H,1-2H3;5-10,18-19H,1-4H3. The summed E-state index contributed by atoms with van der Waals surface area (Å²) in [5.41, 5.74) is 9.36. The Hall–Kier alpha value is -5.48. The van der Waals surface area contributed by atoms with Crippen LogP contribution in [-0.2, 0) is 10.8 Å². The van der Waals surface area contributed by atoms with Gasteiger partial charge in [-0.1, -0.05) is 125 Å². The van der Waals surface area contributed by atoms with E-state index in [0.717, 1.165) is 55.6 Å². The first-order valence-corrected chi connectivity index (χ1v) is 16.2. The fourth-order valence-corrected chi connectivity index (χ4v) is 5.97. The van der Waals surface area contributed by atoms with Gasteiger partial charge in [0.2, 0.25) is 0 Å². The van der Waals surface area contributed by atoms with Gasteiger partial charge in [-0.15, -0.1) is 0 Å². The van der Waals surface area contributed by atoms with E-state index in [2.05, 4.69) is 39.8 Å². The van der Waals surface area contributed by atoms with Gasteiger partial charge in [0, 0.05) is 22.0 Å². The highest BCUT2D eigenvalue weighted by Crippen LogP contribution is 2.40. The molecular weight excluding hydrogens is 592 g/mol. The summed E-state index contributed by atoms with van der Waals surface area (Å²) in [5.74, 6) is 1.18. The van der Waals surface area contributed by atoms with Crippen molar-refractivity contribution in [2.75, 3.05) is 0 Å². The zero-order valence-corrected chi connectivity index (χ0v) is 28.5. The molecule has 4 heteroatoms.